The van der Waals surface area contributed by atoms with E-state index in [0.29, 0.717) is 12.8 Å². The normalized spacial score (nSPS) is 13.0. The molecule has 0 aliphatic heterocycles. The van der Waals surface area contributed by atoms with Gasteiger partial charge in [-0.25, -0.2) is 0 Å². The molecule has 0 aromatic heterocycles. The minimum absolute atomic E-state index is 0.0503. The van der Waals surface area contributed by atoms with Gasteiger partial charge < -0.3 is 5.11 Å². The van der Waals surface area contributed by atoms with Gasteiger partial charge in [0.25, 0.3) is 5.69 Å². The number of carboxylic acids is 1. The van der Waals surface area contributed by atoms with Crippen molar-refractivity contribution in [2.75, 3.05) is 0 Å². The first kappa shape index (κ1) is 15.1. The number of nitrogens with zero attached hydrogens (tertiary/aromatic N) is 1. The van der Waals surface area contributed by atoms with Crippen LogP contribution >= 0.6 is 0 Å². The molecule has 1 aromatic carbocycles. The van der Waals surface area contributed by atoms with Crippen LogP contribution in [0.25, 0.3) is 0 Å². The molecule has 0 heterocycles. The van der Waals surface area contributed by atoms with Gasteiger partial charge in [0.05, 0.1) is 10.8 Å². The predicted molar refractivity (Wildman–Crippen MR) is 72.0 cm³/mol. The van der Waals surface area contributed by atoms with Gasteiger partial charge in [-0.3, -0.25) is 14.9 Å². The summed E-state index contributed by atoms with van der Waals surface area (Å²) in [6.45, 7) is 5.71. The molecule has 5 nitrogen and oxygen atoms in total. The zero-order valence-corrected chi connectivity index (χ0v) is 11.4. The molecule has 1 atom stereocenters. The summed E-state index contributed by atoms with van der Waals surface area (Å²) in [4.78, 5) is 21.3. The highest BCUT2D eigenvalue weighted by atomic mass is 16.6. The minimum atomic E-state index is -0.797. The van der Waals surface area contributed by atoms with Crippen molar-refractivity contribution in [3.8, 4) is 0 Å². The molecule has 0 fully saturated rings. The van der Waals surface area contributed by atoms with Crippen molar-refractivity contribution >= 4 is 11.7 Å². The molecule has 0 amide bonds. The van der Waals surface area contributed by atoms with E-state index in [0.717, 1.165) is 5.56 Å². The van der Waals surface area contributed by atoms with E-state index < -0.39 is 16.8 Å². The zero-order chi connectivity index (χ0) is 14.6. The third-order valence-electron chi connectivity index (χ3n) is 3.21. The van der Waals surface area contributed by atoms with Gasteiger partial charge in [-0.15, -0.1) is 0 Å². The van der Waals surface area contributed by atoms with E-state index in [4.69, 9.17) is 0 Å². The summed E-state index contributed by atoms with van der Waals surface area (Å²) in [7, 11) is 0. The Hall–Kier alpha value is -1.91. The average molecular weight is 265 g/mol. The second kappa shape index (κ2) is 5.82. The molecule has 104 valence electrons. The van der Waals surface area contributed by atoms with Gasteiger partial charge in [-0.2, -0.15) is 0 Å². The average Bonchev–Trinajstić information content (AvgIpc) is 2.27. The van der Waals surface area contributed by atoms with Gasteiger partial charge in [-0.05, 0) is 23.8 Å². The fourth-order valence-electron chi connectivity index (χ4n) is 2.02. The van der Waals surface area contributed by atoms with Crippen LogP contribution in [-0.2, 0) is 11.2 Å². The largest absolute Gasteiger partial charge is 0.481 e. The molecule has 0 bridgehead atoms. The number of nitro groups is 1. The summed E-state index contributed by atoms with van der Waals surface area (Å²) in [5.74, 6) is -1.22. The first-order chi connectivity index (χ1) is 8.71. The highest BCUT2D eigenvalue weighted by Crippen LogP contribution is 2.30. The second-order valence-corrected chi connectivity index (χ2v) is 5.72. The number of rotatable bonds is 5. The molecule has 0 saturated carbocycles. The maximum absolute atomic E-state index is 11.2. The number of non-ortho nitro benzene ring substituents is 1. The molecule has 1 aromatic rings. The lowest BCUT2D eigenvalue weighted by atomic mass is 9.77. The highest BCUT2D eigenvalue weighted by Gasteiger charge is 2.30. The Bertz CT molecular complexity index is 459. The smallest absolute Gasteiger partial charge is 0.307 e. The van der Waals surface area contributed by atoms with Gasteiger partial charge >= 0.3 is 5.97 Å². The van der Waals surface area contributed by atoms with E-state index in [2.05, 4.69) is 0 Å². The lowest BCUT2D eigenvalue weighted by Crippen LogP contribution is -2.28. The summed E-state index contributed by atoms with van der Waals surface area (Å²) in [5, 5.41) is 19.7. The Balaban J connectivity index is 2.70. The van der Waals surface area contributed by atoms with Crippen molar-refractivity contribution in [3.63, 3.8) is 0 Å². The zero-order valence-electron chi connectivity index (χ0n) is 11.4. The molecule has 0 radical (unpaired) electrons. The standard InChI is InChI=1S/C14H19NO4/c1-14(2,3)12(13(16)17)9-6-10-4-7-11(8-5-10)15(18)19/h4-5,7-8,12H,6,9H2,1-3H3,(H,16,17). The van der Waals surface area contributed by atoms with Gasteiger partial charge in [-0.1, -0.05) is 32.9 Å². The van der Waals surface area contributed by atoms with Gasteiger partial charge in [0.2, 0.25) is 0 Å². The molecular formula is C14H19NO4. The highest BCUT2D eigenvalue weighted by molar-refractivity contribution is 5.70. The van der Waals surface area contributed by atoms with Crippen molar-refractivity contribution in [1.82, 2.24) is 0 Å². The van der Waals surface area contributed by atoms with Crippen LogP contribution in [0.4, 0.5) is 5.69 Å². The third kappa shape index (κ3) is 4.35. The fourth-order valence-corrected chi connectivity index (χ4v) is 2.02. The molecular weight excluding hydrogens is 246 g/mol. The third-order valence-corrected chi connectivity index (χ3v) is 3.21. The number of hydrogen-bond donors (Lipinski definition) is 1. The Morgan fingerprint density at radius 2 is 1.84 bits per heavy atom. The Morgan fingerprint density at radius 3 is 2.21 bits per heavy atom. The van der Waals surface area contributed by atoms with Crippen LogP contribution in [0.15, 0.2) is 24.3 Å². The van der Waals surface area contributed by atoms with E-state index in [1.54, 1.807) is 12.1 Å². The van der Waals surface area contributed by atoms with E-state index in [-0.39, 0.29) is 11.1 Å². The lowest BCUT2D eigenvalue weighted by Gasteiger charge is -2.27. The van der Waals surface area contributed by atoms with Crippen molar-refractivity contribution in [1.29, 1.82) is 0 Å². The molecule has 0 spiro atoms. The molecule has 1 rings (SSSR count). The summed E-state index contributed by atoms with van der Waals surface area (Å²) in [6.07, 6.45) is 1.13. The minimum Gasteiger partial charge on any atom is -0.481 e. The number of aliphatic carboxylic acids is 1. The lowest BCUT2D eigenvalue weighted by molar-refractivity contribution is -0.384. The fraction of sp³-hybridized carbons (Fsp3) is 0.500. The van der Waals surface area contributed by atoms with Crippen LogP contribution in [0.1, 0.15) is 32.8 Å². The van der Waals surface area contributed by atoms with Crippen LogP contribution in [0.2, 0.25) is 0 Å². The van der Waals surface area contributed by atoms with Crippen LogP contribution in [0, 0.1) is 21.4 Å². The first-order valence-electron chi connectivity index (χ1n) is 6.18. The quantitative estimate of drug-likeness (QED) is 0.654. The van der Waals surface area contributed by atoms with E-state index in [1.807, 2.05) is 20.8 Å². The summed E-state index contributed by atoms with van der Waals surface area (Å²) in [6, 6.07) is 6.25. The van der Waals surface area contributed by atoms with Gasteiger partial charge in [0.1, 0.15) is 0 Å². The summed E-state index contributed by atoms with van der Waals surface area (Å²) >= 11 is 0. The monoisotopic (exact) mass is 265 g/mol. The van der Waals surface area contributed by atoms with Gasteiger partial charge in [0, 0.05) is 12.1 Å². The molecule has 0 aliphatic rings. The van der Waals surface area contributed by atoms with Gasteiger partial charge in [0.15, 0.2) is 0 Å². The summed E-state index contributed by atoms with van der Waals surface area (Å²) in [5.41, 5.74) is 0.669. The molecule has 1 N–H and O–H groups in total. The van der Waals surface area contributed by atoms with E-state index in [1.165, 1.54) is 12.1 Å². The van der Waals surface area contributed by atoms with Crippen LogP contribution in [0.3, 0.4) is 0 Å². The van der Waals surface area contributed by atoms with Crippen LogP contribution < -0.4 is 0 Å². The molecule has 0 aliphatic carbocycles. The number of benzene rings is 1. The molecule has 1 unspecified atom stereocenters. The molecule has 0 saturated heterocycles. The number of hydrogen-bond acceptors (Lipinski definition) is 3. The van der Waals surface area contributed by atoms with Crippen molar-refractivity contribution in [2.45, 2.75) is 33.6 Å². The predicted octanol–water partition coefficient (Wildman–Crippen LogP) is 3.27. The van der Waals surface area contributed by atoms with Crippen LogP contribution in [-0.4, -0.2) is 16.0 Å². The Labute approximate surface area is 112 Å². The summed E-state index contributed by atoms with van der Waals surface area (Å²) < 4.78 is 0. The Morgan fingerprint density at radius 1 is 1.32 bits per heavy atom. The topological polar surface area (TPSA) is 80.4 Å². The number of carbonyl (C=O) groups is 1. The number of aryl methyl sites for hydroxylation is 1. The molecule has 19 heavy (non-hydrogen) atoms. The number of nitro benzene ring substituents is 1. The first-order valence-corrected chi connectivity index (χ1v) is 6.18. The second-order valence-electron chi connectivity index (χ2n) is 5.72. The van der Waals surface area contributed by atoms with Crippen molar-refractivity contribution in [2.24, 2.45) is 11.3 Å². The van der Waals surface area contributed by atoms with Crippen molar-refractivity contribution in [3.05, 3.63) is 39.9 Å². The molecule has 5 heteroatoms. The van der Waals surface area contributed by atoms with Crippen molar-refractivity contribution < 1.29 is 14.8 Å². The maximum Gasteiger partial charge on any atom is 0.307 e. The number of carboxylic acid groups (broad SMARTS) is 1. The SMILES string of the molecule is CC(C)(C)C(CCc1ccc([N+](=O)[O-])cc1)C(=O)O. The maximum atomic E-state index is 11.2. The van der Waals surface area contributed by atoms with E-state index in [9.17, 15) is 20.0 Å². The Kier molecular flexibility index (Phi) is 4.64. The van der Waals surface area contributed by atoms with Crippen LogP contribution in [0.5, 0.6) is 0 Å². The van der Waals surface area contributed by atoms with E-state index >= 15 is 0 Å².